The molecule has 0 saturated heterocycles. The van der Waals surface area contributed by atoms with Crippen molar-refractivity contribution in [1.29, 1.82) is 0 Å². The minimum Gasteiger partial charge on any atom is -0.481 e. The maximum atomic E-state index is 11.0. The Labute approximate surface area is 126 Å². The van der Waals surface area contributed by atoms with Crippen molar-refractivity contribution in [2.75, 3.05) is 0 Å². The molecular formula is C14H16ClNO5. The lowest BCUT2D eigenvalue weighted by atomic mass is 9.87. The van der Waals surface area contributed by atoms with Crippen molar-refractivity contribution in [3.63, 3.8) is 0 Å². The second kappa shape index (κ2) is 6.87. The van der Waals surface area contributed by atoms with Crippen LogP contribution in [0.25, 0.3) is 0 Å². The molecule has 0 bridgehead atoms. The van der Waals surface area contributed by atoms with Gasteiger partial charge < -0.3 is 9.84 Å². The number of aliphatic carboxylic acids is 1. The summed E-state index contributed by atoms with van der Waals surface area (Å²) >= 11 is 5.99. The largest absolute Gasteiger partial charge is 0.481 e. The van der Waals surface area contributed by atoms with E-state index in [0.717, 1.165) is 0 Å². The van der Waals surface area contributed by atoms with E-state index in [0.29, 0.717) is 36.3 Å². The van der Waals surface area contributed by atoms with Crippen LogP contribution in [0.15, 0.2) is 18.2 Å². The van der Waals surface area contributed by atoms with Gasteiger partial charge in [-0.3, -0.25) is 14.9 Å². The Hall–Kier alpha value is -1.66. The van der Waals surface area contributed by atoms with Gasteiger partial charge >= 0.3 is 5.97 Å². The van der Waals surface area contributed by atoms with Crippen LogP contribution in [0.1, 0.15) is 31.2 Å². The molecule has 0 aromatic heterocycles. The van der Waals surface area contributed by atoms with Crippen LogP contribution in [0.3, 0.4) is 0 Å². The van der Waals surface area contributed by atoms with E-state index < -0.39 is 10.9 Å². The summed E-state index contributed by atoms with van der Waals surface area (Å²) < 4.78 is 5.69. The van der Waals surface area contributed by atoms with Gasteiger partial charge in [-0.05, 0) is 31.7 Å². The Morgan fingerprint density at radius 1 is 1.38 bits per heavy atom. The van der Waals surface area contributed by atoms with Gasteiger partial charge in [-0.2, -0.15) is 0 Å². The van der Waals surface area contributed by atoms with Crippen molar-refractivity contribution in [2.45, 2.75) is 38.4 Å². The number of benzene rings is 1. The van der Waals surface area contributed by atoms with E-state index in [-0.39, 0.29) is 24.3 Å². The molecule has 1 N–H and O–H groups in total. The number of carboxylic acid groups (broad SMARTS) is 1. The fraction of sp³-hybridized carbons (Fsp3) is 0.500. The number of halogens is 1. The SMILES string of the molecule is O=C(O)C1CCC(OCc2c(Cl)cccc2[N+](=O)[O-])CC1. The van der Waals surface area contributed by atoms with Crippen molar-refractivity contribution >= 4 is 23.3 Å². The standard InChI is InChI=1S/C14H16ClNO5/c15-12-2-1-3-13(16(19)20)11(12)8-21-10-6-4-9(5-7-10)14(17)18/h1-3,9-10H,4-8H2,(H,17,18). The molecule has 0 amide bonds. The summed E-state index contributed by atoms with van der Waals surface area (Å²) in [5.74, 6) is -1.07. The third kappa shape index (κ3) is 3.92. The molecule has 0 spiro atoms. The average Bonchev–Trinajstić information content (AvgIpc) is 2.46. The molecule has 2 rings (SSSR count). The number of rotatable bonds is 5. The lowest BCUT2D eigenvalue weighted by Gasteiger charge is -2.26. The lowest BCUT2D eigenvalue weighted by molar-refractivity contribution is -0.386. The number of nitro benzene ring substituents is 1. The molecule has 1 aromatic rings. The van der Waals surface area contributed by atoms with E-state index >= 15 is 0 Å². The summed E-state index contributed by atoms with van der Waals surface area (Å²) in [6.07, 6.45) is 2.37. The van der Waals surface area contributed by atoms with Gasteiger partial charge in [-0.15, -0.1) is 0 Å². The van der Waals surface area contributed by atoms with Crippen LogP contribution in [0.5, 0.6) is 0 Å². The number of carboxylic acids is 1. The van der Waals surface area contributed by atoms with Gasteiger partial charge in [0.05, 0.1) is 34.1 Å². The third-order valence-electron chi connectivity index (χ3n) is 3.78. The highest BCUT2D eigenvalue weighted by atomic mass is 35.5. The van der Waals surface area contributed by atoms with E-state index in [1.54, 1.807) is 6.07 Å². The summed E-state index contributed by atoms with van der Waals surface area (Å²) in [4.78, 5) is 21.4. The monoisotopic (exact) mass is 313 g/mol. The molecule has 0 heterocycles. The molecule has 21 heavy (non-hydrogen) atoms. The molecule has 1 aliphatic carbocycles. The summed E-state index contributed by atoms with van der Waals surface area (Å²) in [7, 11) is 0. The van der Waals surface area contributed by atoms with Crippen molar-refractivity contribution in [1.82, 2.24) is 0 Å². The molecule has 114 valence electrons. The fourth-order valence-corrected chi connectivity index (χ4v) is 2.76. The molecule has 1 saturated carbocycles. The van der Waals surface area contributed by atoms with E-state index in [4.69, 9.17) is 21.4 Å². The highest BCUT2D eigenvalue weighted by Crippen LogP contribution is 2.30. The smallest absolute Gasteiger partial charge is 0.306 e. The quantitative estimate of drug-likeness (QED) is 0.664. The van der Waals surface area contributed by atoms with Gasteiger partial charge in [0.15, 0.2) is 0 Å². The van der Waals surface area contributed by atoms with Crippen LogP contribution in [-0.4, -0.2) is 22.1 Å². The zero-order valence-corrected chi connectivity index (χ0v) is 12.1. The van der Waals surface area contributed by atoms with E-state index in [9.17, 15) is 14.9 Å². The van der Waals surface area contributed by atoms with Crippen LogP contribution in [-0.2, 0) is 16.1 Å². The van der Waals surface area contributed by atoms with E-state index in [1.807, 2.05) is 0 Å². The predicted molar refractivity (Wildman–Crippen MR) is 76.3 cm³/mol. The molecule has 1 fully saturated rings. The highest BCUT2D eigenvalue weighted by Gasteiger charge is 2.27. The van der Waals surface area contributed by atoms with Gasteiger partial charge in [0.2, 0.25) is 0 Å². The number of nitrogens with zero attached hydrogens (tertiary/aromatic N) is 1. The van der Waals surface area contributed by atoms with Crippen molar-refractivity contribution in [3.8, 4) is 0 Å². The molecular weight excluding hydrogens is 298 g/mol. The second-order valence-electron chi connectivity index (χ2n) is 5.12. The maximum Gasteiger partial charge on any atom is 0.306 e. The second-order valence-corrected chi connectivity index (χ2v) is 5.52. The minimum absolute atomic E-state index is 0.0540. The molecule has 0 unspecified atom stereocenters. The first kappa shape index (κ1) is 15.7. The minimum atomic E-state index is -0.768. The number of ether oxygens (including phenoxy) is 1. The zero-order chi connectivity index (χ0) is 15.4. The van der Waals surface area contributed by atoms with Gasteiger partial charge in [0.25, 0.3) is 5.69 Å². The molecule has 0 atom stereocenters. The van der Waals surface area contributed by atoms with Crippen LogP contribution in [0, 0.1) is 16.0 Å². The molecule has 1 aromatic carbocycles. The van der Waals surface area contributed by atoms with Gasteiger partial charge in [-0.1, -0.05) is 17.7 Å². The normalized spacial score (nSPS) is 22.0. The van der Waals surface area contributed by atoms with Crippen molar-refractivity contribution < 1.29 is 19.6 Å². The molecule has 6 nitrogen and oxygen atoms in total. The van der Waals surface area contributed by atoms with E-state index in [1.165, 1.54) is 12.1 Å². The molecule has 0 aliphatic heterocycles. The summed E-state index contributed by atoms with van der Waals surface area (Å²) in [5.41, 5.74) is 0.311. The maximum absolute atomic E-state index is 11.0. The fourth-order valence-electron chi connectivity index (χ4n) is 2.54. The van der Waals surface area contributed by atoms with Crippen LogP contribution < -0.4 is 0 Å². The summed E-state index contributed by atoms with van der Waals surface area (Å²) in [6.45, 7) is 0.0678. The Bertz CT molecular complexity index is 540. The Morgan fingerprint density at radius 2 is 2.05 bits per heavy atom. The first-order valence-electron chi connectivity index (χ1n) is 6.75. The number of hydrogen-bond acceptors (Lipinski definition) is 4. The Kier molecular flexibility index (Phi) is 5.14. The van der Waals surface area contributed by atoms with Crippen molar-refractivity contribution in [3.05, 3.63) is 38.9 Å². The van der Waals surface area contributed by atoms with E-state index in [2.05, 4.69) is 0 Å². The molecule has 0 radical (unpaired) electrons. The number of hydrogen-bond donors (Lipinski definition) is 1. The van der Waals surface area contributed by atoms with Gasteiger partial charge in [-0.25, -0.2) is 0 Å². The predicted octanol–water partition coefficient (Wildman–Crippen LogP) is 3.41. The third-order valence-corrected chi connectivity index (χ3v) is 4.13. The Balaban J connectivity index is 1.95. The summed E-state index contributed by atoms with van der Waals surface area (Å²) in [6, 6.07) is 4.52. The zero-order valence-electron chi connectivity index (χ0n) is 11.3. The summed E-state index contributed by atoms with van der Waals surface area (Å²) in [5, 5.41) is 20.2. The molecule has 7 heteroatoms. The highest BCUT2D eigenvalue weighted by molar-refractivity contribution is 6.31. The van der Waals surface area contributed by atoms with Crippen LogP contribution in [0.2, 0.25) is 5.02 Å². The number of nitro groups is 1. The van der Waals surface area contributed by atoms with Crippen molar-refractivity contribution in [2.24, 2.45) is 5.92 Å². The topological polar surface area (TPSA) is 89.7 Å². The average molecular weight is 314 g/mol. The van der Waals surface area contributed by atoms with Crippen LogP contribution in [0.4, 0.5) is 5.69 Å². The first-order chi connectivity index (χ1) is 9.99. The van der Waals surface area contributed by atoms with Crippen LogP contribution >= 0.6 is 11.6 Å². The molecule has 1 aliphatic rings. The van der Waals surface area contributed by atoms with Gasteiger partial charge in [0, 0.05) is 6.07 Å². The lowest BCUT2D eigenvalue weighted by Crippen LogP contribution is -2.26. The first-order valence-corrected chi connectivity index (χ1v) is 7.13. The van der Waals surface area contributed by atoms with Gasteiger partial charge in [0.1, 0.15) is 0 Å². The number of carbonyl (C=O) groups is 1. The Morgan fingerprint density at radius 3 is 2.62 bits per heavy atom.